The van der Waals surface area contributed by atoms with Gasteiger partial charge in [0.1, 0.15) is 18.0 Å². The molecule has 2 aromatic heterocycles. The monoisotopic (exact) mass is 508 g/mol. The third-order valence-corrected chi connectivity index (χ3v) is 7.04. The molecule has 0 amide bonds. The Morgan fingerprint density at radius 2 is 1.79 bits per heavy atom. The van der Waals surface area contributed by atoms with Gasteiger partial charge in [-0.1, -0.05) is 18.5 Å². The van der Waals surface area contributed by atoms with Crippen molar-refractivity contribution in [3.8, 4) is 0 Å². The maximum atomic E-state index is 14.5. The summed E-state index contributed by atoms with van der Waals surface area (Å²) in [6.07, 6.45) is 4.92. The van der Waals surface area contributed by atoms with Crippen molar-refractivity contribution in [2.24, 2.45) is 0 Å². The second-order valence-corrected chi connectivity index (χ2v) is 9.07. The quantitative estimate of drug-likeness (QED) is 0.499. The lowest BCUT2D eigenvalue weighted by molar-refractivity contribution is 0.352. The standard InChI is InChI=1S/C23H30ClFN8.ClH/c1-2-17-20-22(30-29-17)27-15-28-23(20)33-11-9-32(10-12-33)19-14-16(25)13-18(21(19)24)26-5-8-31-6-3-4-7-31;/h13-15,26H,2-12H2,1H3,(H,27,28,29,30);1H. The lowest BCUT2D eigenvalue weighted by atomic mass is 10.2. The van der Waals surface area contributed by atoms with Crippen LogP contribution in [-0.4, -0.2) is 77.4 Å². The number of halogens is 3. The number of aromatic amines is 1. The van der Waals surface area contributed by atoms with Crippen LogP contribution >= 0.6 is 24.0 Å². The fourth-order valence-corrected chi connectivity index (χ4v) is 5.14. The summed E-state index contributed by atoms with van der Waals surface area (Å²) in [6.45, 7) is 9.03. The van der Waals surface area contributed by atoms with Crippen molar-refractivity contribution < 1.29 is 4.39 Å². The van der Waals surface area contributed by atoms with E-state index in [1.165, 1.54) is 25.0 Å². The van der Waals surface area contributed by atoms with Gasteiger partial charge in [0.15, 0.2) is 5.65 Å². The summed E-state index contributed by atoms with van der Waals surface area (Å²) >= 11 is 6.73. The fraction of sp³-hybridized carbons (Fsp3) is 0.522. The number of nitrogens with one attached hydrogen (secondary N) is 2. The van der Waals surface area contributed by atoms with Gasteiger partial charge in [0.2, 0.25) is 0 Å². The number of aromatic nitrogens is 4. The van der Waals surface area contributed by atoms with Gasteiger partial charge < -0.3 is 20.0 Å². The molecular formula is C23H31Cl2FN8. The van der Waals surface area contributed by atoms with E-state index >= 15 is 0 Å². The smallest absolute Gasteiger partial charge is 0.186 e. The first-order valence-corrected chi connectivity index (χ1v) is 12.1. The van der Waals surface area contributed by atoms with Crippen molar-refractivity contribution in [2.45, 2.75) is 26.2 Å². The molecule has 4 heterocycles. The van der Waals surface area contributed by atoms with Gasteiger partial charge in [0.05, 0.1) is 21.8 Å². The van der Waals surface area contributed by atoms with Gasteiger partial charge in [-0.15, -0.1) is 12.4 Å². The highest BCUT2D eigenvalue weighted by atomic mass is 35.5. The number of hydrogen-bond acceptors (Lipinski definition) is 7. The van der Waals surface area contributed by atoms with Gasteiger partial charge in [-0.3, -0.25) is 5.10 Å². The van der Waals surface area contributed by atoms with Crippen LogP contribution in [-0.2, 0) is 6.42 Å². The number of fused-ring (bicyclic) bond motifs is 1. The predicted molar refractivity (Wildman–Crippen MR) is 138 cm³/mol. The minimum Gasteiger partial charge on any atom is -0.382 e. The van der Waals surface area contributed by atoms with Crippen molar-refractivity contribution >= 4 is 52.2 Å². The van der Waals surface area contributed by atoms with Gasteiger partial charge >= 0.3 is 0 Å². The van der Waals surface area contributed by atoms with E-state index < -0.39 is 0 Å². The lowest BCUT2D eigenvalue weighted by Crippen LogP contribution is -2.47. The SMILES string of the molecule is CCc1[nH]nc2ncnc(N3CCN(c4cc(F)cc(NCCN5CCCC5)c4Cl)CC3)c12.Cl. The number of rotatable bonds is 7. The van der Waals surface area contributed by atoms with Crippen LogP contribution < -0.4 is 15.1 Å². The van der Waals surface area contributed by atoms with Gasteiger partial charge in [-0.25, -0.2) is 14.4 Å². The summed E-state index contributed by atoms with van der Waals surface area (Å²) in [5, 5.41) is 12.3. The molecule has 0 radical (unpaired) electrons. The number of H-pyrrole nitrogens is 1. The summed E-state index contributed by atoms with van der Waals surface area (Å²) in [4.78, 5) is 15.7. The number of benzene rings is 1. The maximum Gasteiger partial charge on any atom is 0.186 e. The zero-order valence-corrected chi connectivity index (χ0v) is 20.9. The Labute approximate surface area is 210 Å². The van der Waals surface area contributed by atoms with E-state index in [0.717, 1.165) is 81.4 Å². The Kier molecular flexibility index (Phi) is 7.95. The third-order valence-electron chi connectivity index (χ3n) is 6.64. The Hall–Kier alpha value is -2.36. The molecule has 2 aliphatic rings. The fourth-order valence-electron chi connectivity index (χ4n) is 4.84. The number of anilines is 3. The van der Waals surface area contributed by atoms with Crippen LogP contribution in [0.3, 0.4) is 0 Å². The predicted octanol–water partition coefficient (Wildman–Crippen LogP) is 3.96. The Morgan fingerprint density at radius 3 is 2.53 bits per heavy atom. The van der Waals surface area contributed by atoms with Crippen molar-refractivity contribution in [1.29, 1.82) is 0 Å². The molecule has 1 aromatic carbocycles. The van der Waals surface area contributed by atoms with E-state index in [2.05, 4.69) is 47.1 Å². The van der Waals surface area contributed by atoms with Crippen molar-refractivity contribution in [3.05, 3.63) is 35.0 Å². The van der Waals surface area contributed by atoms with Crippen LogP contribution in [0.2, 0.25) is 5.02 Å². The third kappa shape index (κ3) is 5.01. The molecule has 0 atom stereocenters. The molecule has 0 saturated carbocycles. The number of hydrogen-bond donors (Lipinski definition) is 2. The van der Waals surface area contributed by atoms with Crippen molar-refractivity contribution in [2.75, 3.05) is 67.5 Å². The normalized spacial score (nSPS) is 16.8. The highest BCUT2D eigenvalue weighted by molar-refractivity contribution is 6.36. The topological polar surface area (TPSA) is 76.2 Å². The molecular weight excluding hydrogens is 478 g/mol. The largest absolute Gasteiger partial charge is 0.382 e. The molecule has 184 valence electrons. The van der Waals surface area contributed by atoms with E-state index in [9.17, 15) is 4.39 Å². The molecule has 11 heteroatoms. The Bertz CT molecular complexity index is 1110. The van der Waals surface area contributed by atoms with E-state index in [1.54, 1.807) is 6.33 Å². The molecule has 0 unspecified atom stereocenters. The zero-order valence-electron chi connectivity index (χ0n) is 19.4. The summed E-state index contributed by atoms with van der Waals surface area (Å²) in [6, 6.07) is 3.03. The first-order chi connectivity index (χ1) is 16.1. The van der Waals surface area contributed by atoms with Crippen LogP contribution in [0.15, 0.2) is 18.5 Å². The van der Waals surface area contributed by atoms with Crippen LogP contribution in [0.25, 0.3) is 11.0 Å². The molecule has 34 heavy (non-hydrogen) atoms. The van der Waals surface area contributed by atoms with Gasteiger partial charge in [-0.05, 0) is 44.5 Å². The van der Waals surface area contributed by atoms with Crippen molar-refractivity contribution in [1.82, 2.24) is 25.1 Å². The molecule has 2 N–H and O–H groups in total. The maximum absolute atomic E-state index is 14.5. The second-order valence-electron chi connectivity index (χ2n) is 8.69. The summed E-state index contributed by atoms with van der Waals surface area (Å²) in [5.74, 6) is 0.629. The van der Waals surface area contributed by atoms with Crippen LogP contribution in [0.5, 0.6) is 0 Å². The number of nitrogens with zero attached hydrogens (tertiary/aromatic N) is 6. The minimum atomic E-state index is -0.274. The zero-order chi connectivity index (χ0) is 22.8. The van der Waals surface area contributed by atoms with Crippen molar-refractivity contribution in [3.63, 3.8) is 0 Å². The van der Waals surface area contributed by atoms with Crippen LogP contribution in [0.1, 0.15) is 25.5 Å². The van der Waals surface area contributed by atoms with Crippen LogP contribution in [0.4, 0.5) is 21.6 Å². The molecule has 2 saturated heterocycles. The molecule has 5 rings (SSSR count). The first-order valence-electron chi connectivity index (χ1n) is 11.8. The van der Waals surface area contributed by atoms with E-state index in [0.29, 0.717) is 16.4 Å². The van der Waals surface area contributed by atoms with Gasteiger partial charge in [0.25, 0.3) is 0 Å². The number of aryl methyl sites for hydroxylation is 1. The molecule has 0 spiro atoms. The minimum absolute atomic E-state index is 0. The molecule has 3 aromatic rings. The average Bonchev–Trinajstić information content (AvgIpc) is 3.51. The van der Waals surface area contributed by atoms with E-state index in [1.807, 2.05) is 0 Å². The van der Waals surface area contributed by atoms with E-state index in [-0.39, 0.29) is 18.2 Å². The average molecular weight is 509 g/mol. The van der Waals surface area contributed by atoms with E-state index in [4.69, 9.17) is 11.6 Å². The summed E-state index contributed by atoms with van der Waals surface area (Å²) in [7, 11) is 0. The Morgan fingerprint density at radius 1 is 1.06 bits per heavy atom. The molecule has 2 aliphatic heterocycles. The molecule has 0 aliphatic carbocycles. The molecule has 2 fully saturated rings. The highest BCUT2D eigenvalue weighted by Crippen LogP contribution is 2.35. The number of piperazine rings is 1. The summed E-state index contributed by atoms with van der Waals surface area (Å²) in [5.41, 5.74) is 3.14. The molecule has 0 bridgehead atoms. The summed E-state index contributed by atoms with van der Waals surface area (Å²) < 4.78 is 14.5. The molecule has 8 nitrogen and oxygen atoms in total. The van der Waals surface area contributed by atoms with Gasteiger partial charge in [0, 0.05) is 45.0 Å². The van der Waals surface area contributed by atoms with Crippen LogP contribution in [0, 0.1) is 5.82 Å². The van der Waals surface area contributed by atoms with Gasteiger partial charge in [-0.2, -0.15) is 5.10 Å². The first kappa shape index (κ1) is 24.8. The Balaban J connectivity index is 0.00000274. The number of likely N-dealkylation sites (tertiary alicyclic amines) is 1. The highest BCUT2D eigenvalue weighted by Gasteiger charge is 2.24. The lowest BCUT2D eigenvalue weighted by Gasteiger charge is -2.37. The second kappa shape index (κ2) is 10.9.